The molecule has 2 rings (SSSR count). The van der Waals surface area contributed by atoms with E-state index < -0.39 is 20.6 Å². The smallest absolute Gasteiger partial charge is 0.289 e. The van der Waals surface area contributed by atoms with Crippen molar-refractivity contribution in [2.75, 3.05) is 24.6 Å². The van der Waals surface area contributed by atoms with Crippen LogP contribution in [0.3, 0.4) is 0 Å². The molecule has 1 heterocycles. The predicted octanol–water partition coefficient (Wildman–Crippen LogP) is 1.69. The molecule has 1 unspecified atom stereocenters. The number of benzene rings is 1. The van der Waals surface area contributed by atoms with Crippen LogP contribution >= 0.6 is 11.8 Å². The third-order valence-corrected chi connectivity index (χ3v) is 6.62. The van der Waals surface area contributed by atoms with Crippen molar-refractivity contribution in [1.82, 2.24) is 4.31 Å². The van der Waals surface area contributed by atoms with Crippen LogP contribution < -0.4 is 5.73 Å². The van der Waals surface area contributed by atoms with Crippen molar-refractivity contribution in [3.05, 3.63) is 28.3 Å². The van der Waals surface area contributed by atoms with Crippen molar-refractivity contribution >= 4 is 33.2 Å². The number of nitro benzene ring substituents is 1. The Kier molecular flexibility index (Phi) is 4.74. The number of nitrogens with two attached hydrogens (primary N) is 1. The summed E-state index contributed by atoms with van der Waals surface area (Å²) in [5.41, 5.74) is 5.36. The third-order valence-electron chi connectivity index (χ3n) is 3.36. The molecule has 116 valence electrons. The van der Waals surface area contributed by atoms with Gasteiger partial charge < -0.3 is 5.73 Å². The van der Waals surface area contributed by atoms with Gasteiger partial charge in [0.1, 0.15) is 0 Å². The lowest BCUT2D eigenvalue weighted by molar-refractivity contribution is -0.387. The van der Waals surface area contributed by atoms with E-state index >= 15 is 0 Å². The first-order chi connectivity index (χ1) is 9.86. The summed E-state index contributed by atoms with van der Waals surface area (Å²) in [6.45, 7) is 2.72. The van der Waals surface area contributed by atoms with Gasteiger partial charge in [-0.15, -0.1) is 0 Å². The molecule has 0 aromatic heterocycles. The van der Waals surface area contributed by atoms with Gasteiger partial charge in [-0.05, 0) is 18.6 Å². The van der Waals surface area contributed by atoms with Crippen molar-refractivity contribution in [1.29, 1.82) is 0 Å². The fourth-order valence-corrected chi connectivity index (χ4v) is 5.25. The van der Waals surface area contributed by atoms with E-state index in [1.165, 1.54) is 10.4 Å². The molecule has 0 radical (unpaired) electrons. The number of nitrogen functional groups attached to an aromatic ring is 1. The minimum atomic E-state index is -3.90. The number of sulfonamides is 1. The molecule has 0 saturated carbocycles. The summed E-state index contributed by atoms with van der Waals surface area (Å²) in [6.07, 6.45) is 0.857. The Labute approximate surface area is 127 Å². The second kappa shape index (κ2) is 6.20. The second-order valence-electron chi connectivity index (χ2n) is 4.75. The molecular weight excluding hydrogens is 314 g/mol. The van der Waals surface area contributed by atoms with Crippen LogP contribution in [-0.2, 0) is 10.0 Å². The van der Waals surface area contributed by atoms with Crippen molar-refractivity contribution in [3.63, 3.8) is 0 Å². The van der Waals surface area contributed by atoms with Crippen LogP contribution in [0.4, 0.5) is 11.4 Å². The molecule has 1 saturated heterocycles. The number of nitrogens with zero attached hydrogens (tertiary/aromatic N) is 2. The summed E-state index contributed by atoms with van der Waals surface area (Å²) < 4.78 is 26.7. The molecule has 0 bridgehead atoms. The Morgan fingerprint density at radius 1 is 1.52 bits per heavy atom. The van der Waals surface area contributed by atoms with Crippen LogP contribution in [0.2, 0.25) is 0 Å². The molecule has 1 fully saturated rings. The van der Waals surface area contributed by atoms with Crippen molar-refractivity contribution in [2.24, 2.45) is 0 Å². The van der Waals surface area contributed by atoms with Gasteiger partial charge in [0.15, 0.2) is 4.90 Å². The molecule has 9 heteroatoms. The lowest BCUT2D eigenvalue weighted by atomic mass is 10.3. The van der Waals surface area contributed by atoms with E-state index in [1.54, 1.807) is 11.8 Å². The monoisotopic (exact) mass is 331 g/mol. The lowest BCUT2D eigenvalue weighted by Crippen LogP contribution is -2.41. The van der Waals surface area contributed by atoms with Crippen LogP contribution in [0, 0.1) is 10.1 Å². The lowest BCUT2D eigenvalue weighted by Gasteiger charge is -2.30. The van der Waals surface area contributed by atoms with Gasteiger partial charge in [0.05, 0.1) is 4.92 Å². The maximum Gasteiger partial charge on any atom is 0.289 e. The van der Waals surface area contributed by atoms with E-state index in [2.05, 4.69) is 0 Å². The summed E-state index contributed by atoms with van der Waals surface area (Å²) in [5, 5.41) is 11.3. The molecule has 1 aromatic carbocycles. The van der Waals surface area contributed by atoms with Gasteiger partial charge in [0.2, 0.25) is 10.0 Å². The highest BCUT2D eigenvalue weighted by Gasteiger charge is 2.34. The molecule has 2 N–H and O–H groups in total. The second-order valence-corrected chi connectivity index (χ2v) is 8.06. The number of hydrogen-bond donors (Lipinski definition) is 1. The normalized spacial score (nSPS) is 20.3. The molecule has 1 aliphatic rings. The molecule has 1 aromatic rings. The van der Waals surface area contributed by atoms with E-state index in [9.17, 15) is 18.5 Å². The molecule has 0 aliphatic carbocycles. The zero-order chi connectivity index (χ0) is 15.6. The zero-order valence-electron chi connectivity index (χ0n) is 11.6. The highest BCUT2D eigenvalue weighted by atomic mass is 32.2. The first-order valence-corrected chi connectivity index (χ1v) is 9.00. The first kappa shape index (κ1) is 16.1. The van der Waals surface area contributed by atoms with Crippen LogP contribution in [0.15, 0.2) is 23.1 Å². The number of hydrogen-bond acceptors (Lipinski definition) is 6. The summed E-state index contributed by atoms with van der Waals surface area (Å²) in [6, 6.07) is 3.63. The Morgan fingerprint density at radius 2 is 2.24 bits per heavy atom. The molecule has 21 heavy (non-hydrogen) atoms. The zero-order valence-corrected chi connectivity index (χ0v) is 13.2. The van der Waals surface area contributed by atoms with Crippen LogP contribution in [0.1, 0.15) is 13.3 Å². The minimum Gasteiger partial charge on any atom is -0.399 e. The van der Waals surface area contributed by atoms with E-state index in [0.29, 0.717) is 18.8 Å². The quantitative estimate of drug-likeness (QED) is 0.511. The molecule has 0 amide bonds. The summed E-state index contributed by atoms with van der Waals surface area (Å²) in [7, 11) is -3.90. The van der Waals surface area contributed by atoms with Crippen molar-refractivity contribution < 1.29 is 13.3 Å². The average molecular weight is 331 g/mol. The summed E-state index contributed by atoms with van der Waals surface area (Å²) in [5.74, 6) is 0.688. The molecular formula is C12H17N3O4S2. The minimum absolute atomic E-state index is 0.192. The van der Waals surface area contributed by atoms with E-state index in [0.717, 1.165) is 18.6 Å². The molecule has 1 aliphatic heterocycles. The maximum absolute atomic E-state index is 12.7. The Morgan fingerprint density at radius 3 is 2.86 bits per heavy atom. The van der Waals surface area contributed by atoms with Gasteiger partial charge in [0.25, 0.3) is 5.69 Å². The van der Waals surface area contributed by atoms with Crippen LogP contribution in [-0.4, -0.2) is 41.7 Å². The SMILES string of the molecule is CCC1CN(S(=O)(=O)c2cc(N)ccc2[N+](=O)[O-])CCS1. The number of thioether (sulfide) groups is 1. The van der Waals surface area contributed by atoms with Gasteiger partial charge in [-0.3, -0.25) is 10.1 Å². The predicted molar refractivity (Wildman–Crippen MR) is 82.8 cm³/mol. The molecule has 0 spiro atoms. The Balaban J connectivity index is 2.44. The largest absolute Gasteiger partial charge is 0.399 e. The number of anilines is 1. The van der Waals surface area contributed by atoms with E-state index in [1.807, 2.05) is 6.92 Å². The standard InChI is InChI=1S/C12H17N3O4S2/c1-2-10-8-14(5-6-20-10)21(18,19)12-7-9(13)3-4-11(12)15(16)17/h3-4,7,10H,2,5-6,8,13H2,1H3. The highest BCUT2D eigenvalue weighted by Crippen LogP contribution is 2.31. The topological polar surface area (TPSA) is 107 Å². The number of rotatable bonds is 4. The molecule has 7 nitrogen and oxygen atoms in total. The Bertz CT molecular complexity index is 648. The van der Waals surface area contributed by atoms with Crippen molar-refractivity contribution in [2.45, 2.75) is 23.5 Å². The summed E-state index contributed by atoms with van der Waals surface area (Å²) in [4.78, 5) is 10.0. The van der Waals surface area contributed by atoms with Gasteiger partial charge in [-0.25, -0.2) is 8.42 Å². The Hall–Kier alpha value is -1.32. The highest BCUT2D eigenvalue weighted by molar-refractivity contribution is 8.00. The van der Waals surface area contributed by atoms with Crippen LogP contribution in [0.5, 0.6) is 0 Å². The molecule has 1 atom stereocenters. The van der Waals surface area contributed by atoms with Gasteiger partial charge >= 0.3 is 0 Å². The summed E-state index contributed by atoms with van der Waals surface area (Å²) >= 11 is 1.73. The van der Waals surface area contributed by atoms with Gasteiger partial charge in [-0.1, -0.05) is 6.92 Å². The number of nitro groups is 1. The fraction of sp³-hybridized carbons (Fsp3) is 0.500. The fourth-order valence-electron chi connectivity index (χ4n) is 2.18. The van der Waals surface area contributed by atoms with E-state index in [4.69, 9.17) is 5.73 Å². The van der Waals surface area contributed by atoms with Gasteiger partial charge in [0, 0.05) is 35.8 Å². The van der Waals surface area contributed by atoms with Crippen molar-refractivity contribution in [3.8, 4) is 0 Å². The van der Waals surface area contributed by atoms with Gasteiger partial charge in [-0.2, -0.15) is 16.1 Å². The average Bonchev–Trinajstić information content (AvgIpc) is 2.46. The van der Waals surface area contributed by atoms with Crippen LogP contribution in [0.25, 0.3) is 0 Å². The third kappa shape index (κ3) is 3.30. The van der Waals surface area contributed by atoms with E-state index in [-0.39, 0.29) is 15.8 Å². The maximum atomic E-state index is 12.7. The first-order valence-electron chi connectivity index (χ1n) is 6.52.